The lowest BCUT2D eigenvalue weighted by molar-refractivity contribution is 1.30. The fourth-order valence-corrected chi connectivity index (χ4v) is 1.19. The standard InChI is InChI=1S/C12H15ClN2/c1-8-4-6-11(7-5-8)15-10(3)12(13)9(2)14/h4-7H,14H2,1-3H3. The van der Waals surface area contributed by atoms with Crippen molar-refractivity contribution in [3.05, 3.63) is 40.6 Å². The fourth-order valence-electron chi connectivity index (χ4n) is 1.15. The van der Waals surface area contributed by atoms with Crippen LogP contribution in [0.5, 0.6) is 0 Å². The highest BCUT2D eigenvalue weighted by atomic mass is 35.5. The second kappa shape index (κ2) is 4.99. The lowest BCUT2D eigenvalue weighted by Crippen LogP contribution is -2.00. The summed E-state index contributed by atoms with van der Waals surface area (Å²) in [6.07, 6.45) is 0. The van der Waals surface area contributed by atoms with Gasteiger partial charge >= 0.3 is 0 Å². The predicted octanol–water partition coefficient (Wildman–Crippen LogP) is 3.52. The van der Waals surface area contributed by atoms with E-state index in [-0.39, 0.29) is 0 Å². The van der Waals surface area contributed by atoms with E-state index in [9.17, 15) is 0 Å². The molecule has 2 nitrogen and oxygen atoms in total. The Labute approximate surface area is 95.5 Å². The van der Waals surface area contributed by atoms with Crippen LogP contribution in [-0.2, 0) is 0 Å². The highest BCUT2D eigenvalue weighted by molar-refractivity contribution is 6.43. The molecule has 0 aromatic heterocycles. The average Bonchev–Trinajstić information content (AvgIpc) is 2.20. The summed E-state index contributed by atoms with van der Waals surface area (Å²) in [5.41, 5.74) is 9.00. The van der Waals surface area contributed by atoms with Crippen molar-refractivity contribution in [2.24, 2.45) is 10.7 Å². The van der Waals surface area contributed by atoms with Crippen LogP contribution in [0, 0.1) is 6.92 Å². The maximum absolute atomic E-state index is 5.97. The molecule has 0 bridgehead atoms. The molecule has 0 heterocycles. The molecule has 1 aromatic carbocycles. The number of hydrogen-bond acceptors (Lipinski definition) is 2. The largest absolute Gasteiger partial charge is 0.401 e. The summed E-state index contributed by atoms with van der Waals surface area (Å²) < 4.78 is 0. The molecule has 1 aromatic rings. The number of benzene rings is 1. The van der Waals surface area contributed by atoms with Crippen LogP contribution in [0.4, 0.5) is 5.69 Å². The van der Waals surface area contributed by atoms with Crippen LogP contribution in [0.2, 0.25) is 0 Å². The maximum Gasteiger partial charge on any atom is 0.0802 e. The first-order valence-corrected chi connectivity index (χ1v) is 5.12. The van der Waals surface area contributed by atoms with Gasteiger partial charge in [-0.3, -0.25) is 4.99 Å². The number of nitrogens with two attached hydrogens (primary N) is 1. The van der Waals surface area contributed by atoms with E-state index in [1.54, 1.807) is 6.92 Å². The molecule has 0 fully saturated rings. The first kappa shape index (κ1) is 11.8. The average molecular weight is 223 g/mol. The SMILES string of the molecule is CC(=Nc1ccc(C)cc1)C(Cl)=C(C)N. The molecule has 0 aliphatic heterocycles. The van der Waals surface area contributed by atoms with Crippen molar-refractivity contribution >= 4 is 23.0 Å². The Morgan fingerprint density at radius 2 is 1.73 bits per heavy atom. The Morgan fingerprint density at radius 3 is 2.20 bits per heavy atom. The van der Waals surface area contributed by atoms with Gasteiger partial charge in [0.1, 0.15) is 0 Å². The summed E-state index contributed by atoms with van der Waals surface area (Å²) in [6.45, 7) is 5.65. The lowest BCUT2D eigenvalue weighted by atomic mass is 10.2. The van der Waals surface area contributed by atoms with Gasteiger partial charge in [0.05, 0.1) is 16.4 Å². The molecule has 0 saturated heterocycles. The molecular weight excluding hydrogens is 208 g/mol. The molecule has 0 aliphatic rings. The third-order valence-corrected chi connectivity index (χ3v) is 2.57. The van der Waals surface area contributed by atoms with Gasteiger partial charge in [-0.05, 0) is 32.9 Å². The molecule has 1 rings (SSSR count). The highest BCUT2D eigenvalue weighted by Gasteiger charge is 2.00. The zero-order valence-corrected chi connectivity index (χ0v) is 9.97. The smallest absolute Gasteiger partial charge is 0.0802 e. The minimum atomic E-state index is 0.524. The Kier molecular flexibility index (Phi) is 3.92. The summed E-state index contributed by atoms with van der Waals surface area (Å²) in [6, 6.07) is 7.93. The van der Waals surface area contributed by atoms with E-state index in [1.165, 1.54) is 5.56 Å². The van der Waals surface area contributed by atoms with Crippen LogP contribution in [-0.4, -0.2) is 5.71 Å². The van der Waals surface area contributed by atoms with Gasteiger partial charge in [-0.15, -0.1) is 0 Å². The first-order valence-electron chi connectivity index (χ1n) is 4.75. The van der Waals surface area contributed by atoms with Crippen LogP contribution in [0.3, 0.4) is 0 Å². The van der Waals surface area contributed by atoms with Gasteiger partial charge in [0.25, 0.3) is 0 Å². The topological polar surface area (TPSA) is 38.4 Å². The molecule has 0 radical (unpaired) electrons. The first-order chi connectivity index (χ1) is 7.00. The molecule has 0 amide bonds. The molecule has 0 atom stereocenters. The van der Waals surface area contributed by atoms with Crippen LogP contribution in [0.15, 0.2) is 40.0 Å². The minimum Gasteiger partial charge on any atom is -0.401 e. The maximum atomic E-state index is 5.97. The molecule has 2 N–H and O–H groups in total. The summed E-state index contributed by atoms with van der Waals surface area (Å²) in [5.74, 6) is 0. The number of nitrogens with zero attached hydrogens (tertiary/aromatic N) is 1. The van der Waals surface area contributed by atoms with Crippen LogP contribution >= 0.6 is 11.6 Å². The van der Waals surface area contributed by atoms with Crippen molar-refractivity contribution in [2.45, 2.75) is 20.8 Å². The van der Waals surface area contributed by atoms with Crippen molar-refractivity contribution < 1.29 is 0 Å². The Morgan fingerprint density at radius 1 is 1.20 bits per heavy atom. The fraction of sp³-hybridized carbons (Fsp3) is 0.250. The number of aliphatic imine (C=N–C) groups is 1. The summed E-state index contributed by atoms with van der Waals surface area (Å²) >= 11 is 5.97. The van der Waals surface area contributed by atoms with Gasteiger partial charge in [0, 0.05) is 5.70 Å². The van der Waals surface area contributed by atoms with Gasteiger partial charge in [-0.2, -0.15) is 0 Å². The summed E-state index contributed by atoms with van der Waals surface area (Å²) in [5, 5.41) is 0.524. The third kappa shape index (κ3) is 3.40. The van der Waals surface area contributed by atoms with E-state index >= 15 is 0 Å². The molecule has 0 saturated carbocycles. The molecule has 3 heteroatoms. The highest BCUT2D eigenvalue weighted by Crippen LogP contribution is 2.16. The van der Waals surface area contributed by atoms with Crippen molar-refractivity contribution in [3.8, 4) is 0 Å². The molecule has 0 aliphatic carbocycles. The summed E-state index contributed by atoms with van der Waals surface area (Å²) in [7, 11) is 0. The van der Waals surface area contributed by atoms with Crippen molar-refractivity contribution in [3.63, 3.8) is 0 Å². The number of rotatable bonds is 2. The second-order valence-electron chi connectivity index (χ2n) is 3.53. The van der Waals surface area contributed by atoms with Gasteiger partial charge < -0.3 is 5.73 Å². The monoisotopic (exact) mass is 222 g/mol. The minimum absolute atomic E-state index is 0.524. The van der Waals surface area contributed by atoms with Gasteiger partial charge in [-0.25, -0.2) is 0 Å². The molecule has 0 spiro atoms. The van der Waals surface area contributed by atoms with E-state index in [4.69, 9.17) is 17.3 Å². The van der Waals surface area contributed by atoms with Gasteiger partial charge in [0.2, 0.25) is 0 Å². The number of hydrogen-bond donors (Lipinski definition) is 1. The van der Waals surface area contributed by atoms with Crippen LogP contribution in [0.25, 0.3) is 0 Å². The molecule has 0 unspecified atom stereocenters. The molecule has 80 valence electrons. The molecule has 15 heavy (non-hydrogen) atoms. The van der Waals surface area contributed by atoms with E-state index in [1.807, 2.05) is 38.1 Å². The van der Waals surface area contributed by atoms with Crippen molar-refractivity contribution in [1.82, 2.24) is 0 Å². The Balaban J connectivity index is 2.98. The van der Waals surface area contributed by atoms with E-state index < -0.39 is 0 Å². The van der Waals surface area contributed by atoms with E-state index in [0.717, 1.165) is 11.4 Å². The van der Waals surface area contributed by atoms with E-state index in [0.29, 0.717) is 10.7 Å². The quantitative estimate of drug-likeness (QED) is 0.764. The van der Waals surface area contributed by atoms with Crippen LogP contribution in [0.1, 0.15) is 19.4 Å². The predicted molar refractivity (Wildman–Crippen MR) is 66.7 cm³/mol. The Bertz CT molecular complexity index is 398. The number of allylic oxidation sites excluding steroid dienone is 2. The third-order valence-electron chi connectivity index (χ3n) is 1.99. The van der Waals surface area contributed by atoms with Gasteiger partial charge in [-0.1, -0.05) is 29.3 Å². The van der Waals surface area contributed by atoms with Gasteiger partial charge in [0.15, 0.2) is 0 Å². The number of aryl methyl sites for hydroxylation is 1. The van der Waals surface area contributed by atoms with E-state index in [2.05, 4.69) is 4.99 Å². The van der Waals surface area contributed by atoms with Crippen LogP contribution < -0.4 is 5.73 Å². The second-order valence-corrected chi connectivity index (χ2v) is 3.91. The zero-order chi connectivity index (χ0) is 11.4. The molecular formula is C12H15ClN2. The van der Waals surface area contributed by atoms with Crippen molar-refractivity contribution in [2.75, 3.05) is 0 Å². The number of halogens is 1. The van der Waals surface area contributed by atoms with Crippen molar-refractivity contribution in [1.29, 1.82) is 0 Å². The Hall–Kier alpha value is -1.28. The normalized spacial score (nSPS) is 13.7. The lowest BCUT2D eigenvalue weighted by Gasteiger charge is -2.01. The summed E-state index contributed by atoms with van der Waals surface area (Å²) in [4.78, 5) is 4.37. The zero-order valence-electron chi connectivity index (χ0n) is 9.21.